The third kappa shape index (κ3) is 3.67. The van der Waals surface area contributed by atoms with Crippen molar-refractivity contribution in [2.24, 2.45) is 0 Å². The molecule has 0 amide bonds. The molecule has 2 aromatic carbocycles. The summed E-state index contributed by atoms with van der Waals surface area (Å²) in [5.41, 5.74) is 8.80. The summed E-state index contributed by atoms with van der Waals surface area (Å²) in [7, 11) is 0. The zero-order chi connectivity index (χ0) is 14.8. The van der Waals surface area contributed by atoms with Crippen molar-refractivity contribution in [3.8, 4) is 5.75 Å². The molecule has 0 aromatic heterocycles. The molecule has 0 aliphatic rings. The third-order valence-corrected chi connectivity index (χ3v) is 3.53. The molecule has 0 atom stereocenters. The topological polar surface area (TPSA) is 35.2 Å². The molecule has 2 N–H and O–H groups in total. The van der Waals surface area contributed by atoms with Crippen LogP contribution in [0.15, 0.2) is 42.5 Å². The number of hydrogen-bond acceptors (Lipinski definition) is 2. The second kappa shape index (κ2) is 5.76. The molecule has 0 aliphatic heterocycles. The van der Waals surface area contributed by atoms with E-state index in [9.17, 15) is 0 Å². The Bertz CT molecular complexity index is 585. The molecular formula is C17H20ClNO. The van der Waals surface area contributed by atoms with Gasteiger partial charge in [0.1, 0.15) is 12.4 Å². The van der Waals surface area contributed by atoms with E-state index in [0.29, 0.717) is 17.3 Å². The van der Waals surface area contributed by atoms with Crippen LogP contribution in [0.25, 0.3) is 0 Å². The first-order chi connectivity index (χ1) is 9.36. The van der Waals surface area contributed by atoms with Crippen molar-refractivity contribution in [3.05, 3.63) is 58.6 Å². The molecule has 0 aliphatic carbocycles. The molecule has 2 nitrogen and oxygen atoms in total. The fraction of sp³-hybridized carbons (Fsp3) is 0.294. The monoisotopic (exact) mass is 289 g/mol. The van der Waals surface area contributed by atoms with Crippen LogP contribution >= 0.6 is 11.6 Å². The fourth-order valence-electron chi connectivity index (χ4n) is 1.90. The van der Waals surface area contributed by atoms with E-state index in [1.54, 1.807) is 6.07 Å². The Balaban J connectivity index is 2.02. The SMILES string of the molecule is CC(C)(C)c1ccc(OCc2ccc(Cl)c(N)c2)cc1. The van der Waals surface area contributed by atoms with Crippen LogP contribution in [0.3, 0.4) is 0 Å². The lowest BCUT2D eigenvalue weighted by Crippen LogP contribution is -2.10. The maximum absolute atomic E-state index is 5.89. The van der Waals surface area contributed by atoms with Crippen LogP contribution in [-0.2, 0) is 12.0 Å². The minimum Gasteiger partial charge on any atom is -0.489 e. The lowest BCUT2D eigenvalue weighted by molar-refractivity contribution is 0.306. The molecule has 0 heterocycles. The lowest BCUT2D eigenvalue weighted by Gasteiger charge is -2.19. The number of halogens is 1. The maximum atomic E-state index is 5.89. The predicted molar refractivity (Wildman–Crippen MR) is 85.3 cm³/mol. The van der Waals surface area contributed by atoms with Crippen molar-refractivity contribution >= 4 is 17.3 Å². The molecule has 2 aromatic rings. The summed E-state index contributed by atoms with van der Waals surface area (Å²) in [4.78, 5) is 0. The number of hydrogen-bond donors (Lipinski definition) is 1. The number of nitrogens with two attached hydrogens (primary N) is 1. The minimum atomic E-state index is 0.156. The first kappa shape index (κ1) is 14.7. The summed E-state index contributed by atoms with van der Waals surface area (Å²) in [6, 6.07) is 13.8. The molecule has 0 bridgehead atoms. The molecular weight excluding hydrogens is 270 g/mol. The molecule has 0 saturated carbocycles. The van der Waals surface area contributed by atoms with Crippen molar-refractivity contribution in [3.63, 3.8) is 0 Å². The van der Waals surface area contributed by atoms with E-state index >= 15 is 0 Å². The van der Waals surface area contributed by atoms with Gasteiger partial charge in [0, 0.05) is 0 Å². The molecule has 0 fully saturated rings. The largest absolute Gasteiger partial charge is 0.489 e. The van der Waals surface area contributed by atoms with Gasteiger partial charge in [-0.1, -0.05) is 50.6 Å². The number of nitrogen functional groups attached to an aromatic ring is 1. The van der Waals surface area contributed by atoms with Gasteiger partial charge in [-0.2, -0.15) is 0 Å². The van der Waals surface area contributed by atoms with Gasteiger partial charge >= 0.3 is 0 Å². The van der Waals surface area contributed by atoms with Crippen molar-refractivity contribution in [1.82, 2.24) is 0 Å². The van der Waals surface area contributed by atoms with E-state index in [4.69, 9.17) is 22.1 Å². The van der Waals surface area contributed by atoms with Crippen molar-refractivity contribution in [1.29, 1.82) is 0 Å². The normalized spacial score (nSPS) is 11.4. The second-order valence-corrected chi connectivity index (χ2v) is 6.33. The van der Waals surface area contributed by atoms with Gasteiger partial charge in [-0.3, -0.25) is 0 Å². The molecule has 2 rings (SSSR count). The fourth-order valence-corrected chi connectivity index (χ4v) is 2.02. The van der Waals surface area contributed by atoms with Crippen LogP contribution in [-0.4, -0.2) is 0 Å². The van der Waals surface area contributed by atoms with E-state index in [-0.39, 0.29) is 5.41 Å². The summed E-state index contributed by atoms with van der Waals surface area (Å²) in [5.74, 6) is 0.853. The average Bonchev–Trinajstić information content (AvgIpc) is 2.40. The van der Waals surface area contributed by atoms with Crippen molar-refractivity contribution in [2.75, 3.05) is 5.73 Å². The Morgan fingerprint density at radius 2 is 1.70 bits per heavy atom. The highest BCUT2D eigenvalue weighted by molar-refractivity contribution is 6.33. The van der Waals surface area contributed by atoms with Crippen LogP contribution in [0.1, 0.15) is 31.9 Å². The van der Waals surface area contributed by atoms with Crippen LogP contribution in [0.5, 0.6) is 5.75 Å². The smallest absolute Gasteiger partial charge is 0.119 e. The van der Waals surface area contributed by atoms with E-state index in [2.05, 4.69) is 32.9 Å². The van der Waals surface area contributed by atoms with Gasteiger partial charge in [-0.15, -0.1) is 0 Å². The molecule has 0 radical (unpaired) electrons. The molecule has 0 saturated heterocycles. The van der Waals surface area contributed by atoms with E-state index in [1.165, 1.54) is 5.56 Å². The van der Waals surface area contributed by atoms with Crippen molar-refractivity contribution in [2.45, 2.75) is 32.8 Å². The van der Waals surface area contributed by atoms with Gasteiger partial charge < -0.3 is 10.5 Å². The molecule has 0 unspecified atom stereocenters. The van der Waals surface area contributed by atoms with E-state index in [1.807, 2.05) is 24.3 Å². The van der Waals surface area contributed by atoms with Gasteiger partial charge in [0.2, 0.25) is 0 Å². The molecule has 0 spiro atoms. The van der Waals surface area contributed by atoms with Crippen molar-refractivity contribution < 1.29 is 4.74 Å². The van der Waals surface area contributed by atoms with Crippen LogP contribution in [0.4, 0.5) is 5.69 Å². The Kier molecular flexibility index (Phi) is 4.24. The molecule has 106 valence electrons. The maximum Gasteiger partial charge on any atom is 0.119 e. The van der Waals surface area contributed by atoms with Gasteiger partial charge in [0.25, 0.3) is 0 Å². The average molecular weight is 290 g/mol. The summed E-state index contributed by atoms with van der Waals surface area (Å²) >= 11 is 5.89. The van der Waals surface area contributed by atoms with Gasteiger partial charge in [-0.25, -0.2) is 0 Å². The lowest BCUT2D eigenvalue weighted by atomic mass is 9.87. The molecule has 20 heavy (non-hydrogen) atoms. The summed E-state index contributed by atoms with van der Waals surface area (Å²) in [5, 5.41) is 0.572. The Morgan fingerprint density at radius 1 is 1.05 bits per heavy atom. The summed E-state index contributed by atoms with van der Waals surface area (Å²) in [6.07, 6.45) is 0. The number of benzene rings is 2. The first-order valence-corrected chi connectivity index (χ1v) is 7.01. The van der Waals surface area contributed by atoms with E-state index < -0.39 is 0 Å². The Hall–Kier alpha value is -1.67. The van der Waals surface area contributed by atoms with Crippen LogP contribution in [0.2, 0.25) is 5.02 Å². The quantitative estimate of drug-likeness (QED) is 0.824. The highest BCUT2D eigenvalue weighted by Gasteiger charge is 2.12. The van der Waals surface area contributed by atoms with Gasteiger partial charge in [0.15, 0.2) is 0 Å². The van der Waals surface area contributed by atoms with E-state index in [0.717, 1.165) is 11.3 Å². The number of ether oxygens (including phenoxy) is 1. The third-order valence-electron chi connectivity index (χ3n) is 3.19. The van der Waals surface area contributed by atoms with Crippen LogP contribution < -0.4 is 10.5 Å². The number of anilines is 1. The van der Waals surface area contributed by atoms with Gasteiger partial charge in [-0.05, 0) is 40.8 Å². The molecule has 3 heteroatoms. The zero-order valence-corrected chi connectivity index (χ0v) is 12.9. The number of rotatable bonds is 3. The highest BCUT2D eigenvalue weighted by atomic mass is 35.5. The summed E-state index contributed by atoms with van der Waals surface area (Å²) < 4.78 is 5.76. The second-order valence-electron chi connectivity index (χ2n) is 5.92. The van der Waals surface area contributed by atoms with Crippen LogP contribution in [0, 0.1) is 0 Å². The zero-order valence-electron chi connectivity index (χ0n) is 12.1. The first-order valence-electron chi connectivity index (χ1n) is 6.63. The van der Waals surface area contributed by atoms with Gasteiger partial charge in [0.05, 0.1) is 10.7 Å². The predicted octanol–water partition coefficient (Wildman–Crippen LogP) is 4.80. The Labute approximate surface area is 125 Å². The minimum absolute atomic E-state index is 0.156. The summed E-state index contributed by atoms with van der Waals surface area (Å²) in [6.45, 7) is 7.06. The Morgan fingerprint density at radius 3 is 2.25 bits per heavy atom. The standard InChI is InChI=1S/C17H20ClNO/c1-17(2,3)13-5-7-14(8-6-13)20-11-12-4-9-15(18)16(19)10-12/h4-10H,11,19H2,1-3H3. The highest BCUT2D eigenvalue weighted by Crippen LogP contribution is 2.25.